The van der Waals surface area contributed by atoms with E-state index in [2.05, 4.69) is 15.6 Å². The lowest BCUT2D eigenvalue weighted by Crippen LogP contribution is -2.56. The quantitative estimate of drug-likeness (QED) is 0.599. The van der Waals surface area contributed by atoms with Gasteiger partial charge in [0.15, 0.2) is 0 Å². The third kappa shape index (κ3) is 5.46. The predicted octanol–water partition coefficient (Wildman–Crippen LogP) is 3.94. The number of nitrogens with zero attached hydrogens (tertiary/aromatic N) is 2. The van der Waals surface area contributed by atoms with Crippen LogP contribution in [0.2, 0.25) is 0 Å². The van der Waals surface area contributed by atoms with Crippen LogP contribution in [0.5, 0.6) is 5.75 Å². The van der Waals surface area contributed by atoms with Crippen LogP contribution < -0.4 is 15.4 Å². The number of pyridine rings is 1. The van der Waals surface area contributed by atoms with Crippen molar-refractivity contribution in [3.8, 4) is 5.75 Å². The molecule has 7 nitrogen and oxygen atoms in total. The molecule has 3 aromatic rings. The Morgan fingerprint density at radius 1 is 1.12 bits per heavy atom. The van der Waals surface area contributed by atoms with Crippen molar-refractivity contribution < 1.29 is 18.7 Å². The van der Waals surface area contributed by atoms with Crippen LogP contribution in [0.3, 0.4) is 0 Å². The number of benzene rings is 2. The van der Waals surface area contributed by atoms with E-state index in [0.29, 0.717) is 25.2 Å². The number of amides is 3. The van der Waals surface area contributed by atoms with Gasteiger partial charge in [0.2, 0.25) is 5.91 Å². The average molecular weight is 448 g/mol. The monoisotopic (exact) mass is 448 g/mol. The summed E-state index contributed by atoms with van der Waals surface area (Å²) in [6.45, 7) is 0.913. The number of carbonyl (C=O) groups is 2. The van der Waals surface area contributed by atoms with Crippen LogP contribution in [-0.4, -0.2) is 41.5 Å². The number of hydrogen-bond acceptors (Lipinski definition) is 4. The van der Waals surface area contributed by atoms with Crippen molar-refractivity contribution in [3.63, 3.8) is 0 Å². The van der Waals surface area contributed by atoms with Gasteiger partial charge in [0.05, 0.1) is 19.3 Å². The largest absolute Gasteiger partial charge is 0.497 e. The molecule has 0 bridgehead atoms. The van der Waals surface area contributed by atoms with E-state index in [0.717, 1.165) is 17.0 Å². The number of methoxy groups -OCH3 is 1. The van der Waals surface area contributed by atoms with Crippen molar-refractivity contribution in [2.45, 2.75) is 24.9 Å². The summed E-state index contributed by atoms with van der Waals surface area (Å²) < 4.78 is 18.4. The number of likely N-dealkylation sites (tertiary alicyclic amines) is 1. The average Bonchev–Trinajstić information content (AvgIpc) is 2.84. The Kier molecular flexibility index (Phi) is 6.83. The van der Waals surface area contributed by atoms with E-state index in [1.54, 1.807) is 18.2 Å². The molecule has 0 unspecified atom stereocenters. The topological polar surface area (TPSA) is 83.6 Å². The maximum atomic E-state index is 13.5. The standard InChI is InChI=1S/C25H25FN4O3/c1-33-21-11-5-17(6-12-21)22-13-15-30(16-20-4-2-3-14-27-20)24(31)23(22)29-25(32)28-19-9-7-18(26)8-10-19/h2-12,14,22-23H,13,15-16H2,1H3,(H2,28,29,32)/t22-,23-/m1/s1. The number of ether oxygens (including phenoxy) is 1. The van der Waals surface area contributed by atoms with Gasteiger partial charge in [0, 0.05) is 24.3 Å². The van der Waals surface area contributed by atoms with Gasteiger partial charge < -0.3 is 20.3 Å². The molecule has 0 aliphatic carbocycles. The van der Waals surface area contributed by atoms with Gasteiger partial charge >= 0.3 is 6.03 Å². The highest BCUT2D eigenvalue weighted by Gasteiger charge is 2.38. The maximum absolute atomic E-state index is 13.5. The van der Waals surface area contributed by atoms with Gasteiger partial charge in [-0.1, -0.05) is 18.2 Å². The van der Waals surface area contributed by atoms with Gasteiger partial charge in [-0.25, -0.2) is 9.18 Å². The molecule has 1 aliphatic rings. The van der Waals surface area contributed by atoms with Crippen molar-refractivity contribution in [2.75, 3.05) is 19.0 Å². The van der Waals surface area contributed by atoms with Gasteiger partial charge in [-0.2, -0.15) is 0 Å². The molecule has 2 aromatic carbocycles. The number of carbonyl (C=O) groups excluding carboxylic acids is 2. The summed E-state index contributed by atoms with van der Waals surface area (Å²) in [7, 11) is 1.60. The molecule has 1 aromatic heterocycles. The zero-order valence-corrected chi connectivity index (χ0v) is 18.2. The summed E-state index contributed by atoms with van der Waals surface area (Å²) >= 11 is 0. The van der Waals surface area contributed by atoms with E-state index < -0.39 is 17.9 Å². The first-order chi connectivity index (χ1) is 16.0. The minimum atomic E-state index is -0.767. The highest BCUT2D eigenvalue weighted by Crippen LogP contribution is 2.31. The number of nitrogens with one attached hydrogen (secondary N) is 2. The molecule has 170 valence electrons. The van der Waals surface area contributed by atoms with Crippen LogP contribution in [0, 0.1) is 5.82 Å². The first-order valence-corrected chi connectivity index (χ1v) is 10.7. The summed E-state index contributed by atoms with van der Waals surface area (Å²) in [6, 6.07) is 17.2. The van der Waals surface area contributed by atoms with Crippen LogP contribution in [0.15, 0.2) is 72.9 Å². The van der Waals surface area contributed by atoms with Crippen molar-refractivity contribution in [1.29, 1.82) is 0 Å². The Morgan fingerprint density at radius 3 is 2.55 bits per heavy atom. The van der Waals surface area contributed by atoms with Crippen molar-refractivity contribution in [2.24, 2.45) is 0 Å². The SMILES string of the molecule is COc1ccc([C@H]2CCN(Cc3ccccn3)C(=O)[C@@H]2NC(=O)Nc2ccc(F)cc2)cc1. The van der Waals surface area contributed by atoms with Crippen molar-refractivity contribution in [3.05, 3.63) is 90.0 Å². The van der Waals surface area contributed by atoms with Crippen LogP contribution >= 0.6 is 0 Å². The van der Waals surface area contributed by atoms with Gasteiger partial charge in [-0.15, -0.1) is 0 Å². The Morgan fingerprint density at radius 2 is 1.88 bits per heavy atom. The number of rotatable bonds is 6. The molecule has 2 heterocycles. The fraction of sp³-hybridized carbons (Fsp3) is 0.240. The lowest BCUT2D eigenvalue weighted by molar-refractivity contribution is -0.137. The van der Waals surface area contributed by atoms with Crippen molar-refractivity contribution >= 4 is 17.6 Å². The Bertz CT molecular complexity index is 1090. The highest BCUT2D eigenvalue weighted by molar-refractivity contribution is 5.94. The number of urea groups is 1. The van der Waals surface area contributed by atoms with Crippen LogP contribution in [0.1, 0.15) is 23.6 Å². The van der Waals surface area contributed by atoms with Crippen LogP contribution in [0.4, 0.5) is 14.9 Å². The lowest BCUT2D eigenvalue weighted by Gasteiger charge is -2.38. The van der Waals surface area contributed by atoms with Gasteiger partial charge in [0.25, 0.3) is 0 Å². The third-order valence-electron chi connectivity index (χ3n) is 5.70. The maximum Gasteiger partial charge on any atom is 0.319 e. The van der Waals surface area contributed by atoms with Crippen LogP contribution in [-0.2, 0) is 11.3 Å². The first kappa shape index (κ1) is 22.3. The molecule has 1 aliphatic heterocycles. The molecule has 1 saturated heterocycles. The Labute approximate surface area is 191 Å². The van der Waals surface area contributed by atoms with E-state index in [4.69, 9.17) is 4.74 Å². The number of aromatic nitrogens is 1. The van der Waals surface area contributed by atoms with Crippen LogP contribution in [0.25, 0.3) is 0 Å². The zero-order chi connectivity index (χ0) is 23.2. The third-order valence-corrected chi connectivity index (χ3v) is 5.70. The van der Waals surface area contributed by atoms with E-state index >= 15 is 0 Å². The molecule has 2 atom stereocenters. The molecular weight excluding hydrogens is 423 g/mol. The molecule has 2 N–H and O–H groups in total. The molecule has 8 heteroatoms. The van der Waals surface area contributed by atoms with E-state index in [1.165, 1.54) is 24.3 Å². The normalized spacial score (nSPS) is 18.0. The Hall–Kier alpha value is -3.94. The Balaban J connectivity index is 1.54. The molecular formula is C25H25FN4O3. The minimum absolute atomic E-state index is 0.179. The fourth-order valence-electron chi connectivity index (χ4n) is 4.00. The van der Waals surface area contributed by atoms with E-state index in [9.17, 15) is 14.0 Å². The molecule has 33 heavy (non-hydrogen) atoms. The summed E-state index contributed by atoms with van der Waals surface area (Å²) in [5, 5.41) is 5.51. The van der Waals surface area contributed by atoms with Crippen molar-refractivity contribution in [1.82, 2.24) is 15.2 Å². The summed E-state index contributed by atoms with van der Waals surface area (Å²) in [6.07, 6.45) is 2.36. The zero-order valence-electron chi connectivity index (χ0n) is 18.2. The summed E-state index contributed by atoms with van der Waals surface area (Å²) in [4.78, 5) is 32.2. The predicted molar refractivity (Wildman–Crippen MR) is 122 cm³/mol. The van der Waals surface area contributed by atoms with Gasteiger partial charge in [-0.05, 0) is 60.5 Å². The smallest absolute Gasteiger partial charge is 0.319 e. The molecule has 0 spiro atoms. The van der Waals surface area contributed by atoms with Gasteiger partial charge in [0.1, 0.15) is 17.6 Å². The number of piperidine rings is 1. The van der Waals surface area contributed by atoms with Gasteiger partial charge in [-0.3, -0.25) is 9.78 Å². The summed E-state index contributed by atoms with van der Waals surface area (Å²) in [5.41, 5.74) is 2.15. The highest BCUT2D eigenvalue weighted by atomic mass is 19.1. The summed E-state index contributed by atoms with van der Waals surface area (Å²) in [5.74, 6) is -0.0614. The van der Waals surface area contributed by atoms with E-state index in [1.807, 2.05) is 42.5 Å². The molecule has 3 amide bonds. The fourth-order valence-corrected chi connectivity index (χ4v) is 4.00. The molecule has 4 rings (SSSR count). The molecule has 0 saturated carbocycles. The second-order valence-electron chi connectivity index (χ2n) is 7.83. The minimum Gasteiger partial charge on any atom is -0.497 e. The number of anilines is 1. The second kappa shape index (κ2) is 10.1. The second-order valence-corrected chi connectivity index (χ2v) is 7.83. The lowest BCUT2D eigenvalue weighted by atomic mass is 9.84. The number of hydrogen-bond donors (Lipinski definition) is 2. The molecule has 0 radical (unpaired) electrons. The molecule has 1 fully saturated rings. The van der Waals surface area contributed by atoms with E-state index in [-0.39, 0.29) is 11.8 Å². The first-order valence-electron chi connectivity index (χ1n) is 10.7. The number of halogens is 1.